The minimum atomic E-state index is -0.0559. The molecule has 0 spiro atoms. The minimum Gasteiger partial charge on any atom is -0.492 e. The van der Waals surface area contributed by atoms with Crippen molar-refractivity contribution in [3.8, 4) is 5.75 Å². The van der Waals surface area contributed by atoms with E-state index in [1.807, 2.05) is 26.0 Å². The van der Waals surface area contributed by atoms with Crippen LogP contribution in [-0.2, 0) is 0 Å². The van der Waals surface area contributed by atoms with E-state index in [1.165, 1.54) is 0 Å². The minimum absolute atomic E-state index is 0.0559. The molecule has 2 aromatic carbocycles. The Morgan fingerprint density at radius 2 is 1.86 bits per heavy atom. The molecule has 0 fully saturated rings. The number of halogens is 2. The number of benzene rings is 2. The Labute approximate surface area is 138 Å². The molecule has 0 aromatic heterocycles. The van der Waals surface area contributed by atoms with Gasteiger partial charge in [0.05, 0.1) is 11.1 Å². The SMILES string of the molecule is CCCOc1ccc(C(=O)c2ccc(C)c(Cl)c2)cc1Br. The van der Waals surface area contributed by atoms with E-state index < -0.39 is 0 Å². The van der Waals surface area contributed by atoms with Crippen molar-refractivity contribution in [3.05, 3.63) is 62.6 Å². The van der Waals surface area contributed by atoms with Gasteiger partial charge in [-0.3, -0.25) is 4.79 Å². The summed E-state index contributed by atoms with van der Waals surface area (Å²) in [5.74, 6) is 0.690. The fraction of sp³-hybridized carbons (Fsp3) is 0.235. The van der Waals surface area contributed by atoms with Crippen LogP contribution >= 0.6 is 27.5 Å². The number of hydrogen-bond donors (Lipinski definition) is 0. The van der Waals surface area contributed by atoms with Gasteiger partial charge in [0.15, 0.2) is 5.78 Å². The molecule has 0 N–H and O–H groups in total. The lowest BCUT2D eigenvalue weighted by Crippen LogP contribution is -2.03. The highest BCUT2D eigenvalue weighted by atomic mass is 79.9. The molecular weight excluding hydrogens is 352 g/mol. The molecule has 0 atom stereocenters. The molecular formula is C17H16BrClO2. The molecule has 21 heavy (non-hydrogen) atoms. The normalized spacial score (nSPS) is 10.5. The highest BCUT2D eigenvalue weighted by Crippen LogP contribution is 2.28. The van der Waals surface area contributed by atoms with Crippen LogP contribution < -0.4 is 4.74 Å². The number of rotatable bonds is 5. The predicted molar refractivity (Wildman–Crippen MR) is 89.5 cm³/mol. The standard InChI is InChI=1S/C17H16BrClO2/c1-3-8-21-16-7-6-12(9-14(16)18)17(20)13-5-4-11(2)15(19)10-13/h4-7,9-10H,3,8H2,1-2H3. The average Bonchev–Trinajstić information content (AvgIpc) is 2.48. The second kappa shape index (κ2) is 7.10. The number of carbonyl (C=O) groups is 1. The topological polar surface area (TPSA) is 26.3 Å². The first-order chi connectivity index (χ1) is 10.0. The fourth-order valence-corrected chi connectivity index (χ4v) is 2.55. The van der Waals surface area contributed by atoms with Crippen LogP contribution in [0.5, 0.6) is 5.75 Å². The van der Waals surface area contributed by atoms with E-state index in [-0.39, 0.29) is 5.78 Å². The van der Waals surface area contributed by atoms with Crippen molar-refractivity contribution in [2.24, 2.45) is 0 Å². The average molecular weight is 368 g/mol. The summed E-state index contributed by atoms with van der Waals surface area (Å²) < 4.78 is 6.36. The third-order valence-corrected chi connectivity index (χ3v) is 4.12. The lowest BCUT2D eigenvalue weighted by molar-refractivity contribution is 0.103. The van der Waals surface area contributed by atoms with E-state index in [9.17, 15) is 4.79 Å². The fourth-order valence-electron chi connectivity index (χ4n) is 1.87. The van der Waals surface area contributed by atoms with Gasteiger partial charge in [-0.15, -0.1) is 0 Å². The second-order valence-corrected chi connectivity index (χ2v) is 6.05. The molecule has 0 bridgehead atoms. The van der Waals surface area contributed by atoms with Crippen molar-refractivity contribution in [1.82, 2.24) is 0 Å². The zero-order chi connectivity index (χ0) is 15.4. The monoisotopic (exact) mass is 366 g/mol. The van der Waals surface area contributed by atoms with Crippen LogP contribution in [0.1, 0.15) is 34.8 Å². The van der Waals surface area contributed by atoms with E-state index in [0.717, 1.165) is 22.2 Å². The molecule has 0 radical (unpaired) electrons. The number of ketones is 1. The summed E-state index contributed by atoms with van der Waals surface area (Å²) in [7, 11) is 0. The molecule has 110 valence electrons. The zero-order valence-corrected chi connectivity index (χ0v) is 14.3. The lowest BCUT2D eigenvalue weighted by Gasteiger charge is -2.09. The van der Waals surface area contributed by atoms with Gasteiger partial charge in [0.1, 0.15) is 5.75 Å². The molecule has 0 unspecified atom stereocenters. The molecule has 0 saturated heterocycles. The van der Waals surface area contributed by atoms with Crippen molar-refractivity contribution in [3.63, 3.8) is 0 Å². The number of aryl methyl sites for hydroxylation is 1. The third-order valence-electron chi connectivity index (χ3n) is 3.09. The summed E-state index contributed by atoms with van der Waals surface area (Å²) in [6, 6.07) is 10.7. The highest BCUT2D eigenvalue weighted by Gasteiger charge is 2.12. The Kier molecular flexibility index (Phi) is 5.43. The van der Waals surface area contributed by atoms with Gasteiger partial charge >= 0.3 is 0 Å². The van der Waals surface area contributed by atoms with Crippen molar-refractivity contribution in [2.45, 2.75) is 20.3 Å². The van der Waals surface area contributed by atoms with Gasteiger partial charge in [0.25, 0.3) is 0 Å². The Morgan fingerprint density at radius 1 is 1.19 bits per heavy atom. The quantitative estimate of drug-likeness (QED) is 0.659. The smallest absolute Gasteiger partial charge is 0.193 e. The summed E-state index contributed by atoms with van der Waals surface area (Å²) in [5, 5.41) is 0.600. The molecule has 0 heterocycles. The van der Waals surface area contributed by atoms with Crippen LogP contribution in [0.4, 0.5) is 0 Å². The second-order valence-electron chi connectivity index (χ2n) is 4.79. The van der Waals surface area contributed by atoms with Crippen molar-refractivity contribution in [2.75, 3.05) is 6.61 Å². The van der Waals surface area contributed by atoms with E-state index >= 15 is 0 Å². The Hall–Kier alpha value is -1.32. The van der Waals surface area contributed by atoms with Gasteiger partial charge in [-0.2, -0.15) is 0 Å². The maximum Gasteiger partial charge on any atom is 0.193 e. The van der Waals surface area contributed by atoms with Gasteiger partial charge in [-0.05, 0) is 59.1 Å². The zero-order valence-electron chi connectivity index (χ0n) is 12.0. The molecule has 2 nitrogen and oxygen atoms in total. The Balaban J connectivity index is 2.27. The molecule has 0 amide bonds. The van der Waals surface area contributed by atoms with E-state index in [2.05, 4.69) is 15.9 Å². The summed E-state index contributed by atoms with van der Waals surface area (Å²) >= 11 is 9.52. The van der Waals surface area contributed by atoms with Crippen molar-refractivity contribution in [1.29, 1.82) is 0 Å². The number of ether oxygens (including phenoxy) is 1. The molecule has 0 aliphatic rings. The molecule has 0 aliphatic heterocycles. The first kappa shape index (κ1) is 16.1. The van der Waals surface area contributed by atoms with Gasteiger partial charge in [0.2, 0.25) is 0 Å². The molecule has 2 rings (SSSR count). The van der Waals surface area contributed by atoms with E-state index in [1.54, 1.807) is 24.3 Å². The maximum atomic E-state index is 12.5. The molecule has 0 saturated carbocycles. The lowest BCUT2D eigenvalue weighted by atomic mass is 10.0. The van der Waals surface area contributed by atoms with E-state index in [0.29, 0.717) is 22.8 Å². The number of carbonyl (C=O) groups excluding carboxylic acids is 1. The van der Waals surface area contributed by atoms with Crippen LogP contribution in [0.2, 0.25) is 5.02 Å². The van der Waals surface area contributed by atoms with Crippen LogP contribution in [0.3, 0.4) is 0 Å². The highest BCUT2D eigenvalue weighted by molar-refractivity contribution is 9.10. The molecule has 0 aliphatic carbocycles. The van der Waals surface area contributed by atoms with Crippen LogP contribution in [-0.4, -0.2) is 12.4 Å². The van der Waals surface area contributed by atoms with Crippen LogP contribution in [0.25, 0.3) is 0 Å². The van der Waals surface area contributed by atoms with Gasteiger partial charge < -0.3 is 4.74 Å². The molecule has 2 aromatic rings. The first-order valence-electron chi connectivity index (χ1n) is 6.76. The molecule has 4 heteroatoms. The summed E-state index contributed by atoms with van der Waals surface area (Å²) in [5.41, 5.74) is 2.14. The number of hydrogen-bond acceptors (Lipinski definition) is 2. The van der Waals surface area contributed by atoms with Gasteiger partial charge in [0, 0.05) is 16.1 Å². The summed E-state index contributed by atoms with van der Waals surface area (Å²) in [6.07, 6.45) is 0.939. The summed E-state index contributed by atoms with van der Waals surface area (Å²) in [6.45, 7) is 4.61. The Morgan fingerprint density at radius 3 is 2.48 bits per heavy atom. The van der Waals surface area contributed by atoms with E-state index in [4.69, 9.17) is 16.3 Å². The Bertz CT molecular complexity index is 668. The van der Waals surface area contributed by atoms with Gasteiger partial charge in [-0.25, -0.2) is 0 Å². The maximum absolute atomic E-state index is 12.5. The van der Waals surface area contributed by atoms with Crippen molar-refractivity contribution < 1.29 is 9.53 Å². The van der Waals surface area contributed by atoms with Gasteiger partial charge in [-0.1, -0.05) is 30.7 Å². The predicted octanol–water partition coefficient (Wildman–Crippen LogP) is 5.43. The van der Waals surface area contributed by atoms with Crippen LogP contribution in [0.15, 0.2) is 40.9 Å². The third kappa shape index (κ3) is 3.86. The van der Waals surface area contributed by atoms with Crippen molar-refractivity contribution >= 4 is 33.3 Å². The van der Waals surface area contributed by atoms with Crippen LogP contribution in [0, 0.1) is 6.92 Å². The largest absolute Gasteiger partial charge is 0.492 e. The summed E-state index contributed by atoms with van der Waals surface area (Å²) in [4.78, 5) is 12.5. The first-order valence-corrected chi connectivity index (χ1v) is 7.93.